The Labute approximate surface area is 162 Å². The van der Waals surface area contributed by atoms with Gasteiger partial charge in [-0.15, -0.1) is 0 Å². The van der Waals surface area contributed by atoms with Crippen molar-refractivity contribution in [1.82, 2.24) is 0 Å². The predicted molar refractivity (Wildman–Crippen MR) is 101 cm³/mol. The van der Waals surface area contributed by atoms with E-state index in [4.69, 9.17) is 0 Å². The molecule has 0 amide bonds. The molecule has 0 saturated heterocycles. The van der Waals surface area contributed by atoms with Crippen LogP contribution in [-0.4, -0.2) is 32.0 Å². The molecule has 6 nitrogen and oxygen atoms in total. The van der Waals surface area contributed by atoms with Crippen molar-refractivity contribution in [3.8, 4) is 11.5 Å². The van der Waals surface area contributed by atoms with Crippen LogP contribution in [0.5, 0.6) is 11.5 Å². The summed E-state index contributed by atoms with van der Waals surface area (Å²) in [5.41, 5.74) is 2.48. The molecule has 0 saturated carbocycles. The van der Waals surface area contributed by atoms with Crippen molar-refractivity contribution in [2.45, 2.75) is 51.2 Å². The fourth-order valence-corrected chi connectivity index (χ4v) is 4.62. The van der Waals surface area contributed by atoms with Crippen LogP contribution in [0.15, 0.2) is 18.2 Å². The SMILES string of the molecule is Cc1cc(O)c2c(c1)C(=O)C[C@H](c1c(C)cc3c(c1O)C(=O)CCC3O)[C@@H]2O. The number of phenols is 2. The van der Waals surface area contributed by atoms with Gasteiger partial charge in [-0.25, -0.2) is 0 Å². The summed E-state index contributed by atoms with van der Waals surface area (Å²) in [5.74, 6) is -1.76. The molecule has 28 heavy (non-hydrogen) atoms. The highest BCUT2D eigenvalue weighted by Crippen LogP contribution is 2.50. The van der Waals surface area contributed by atoms with Crippen molar-refractivity contribution in [1.29, 1.82) is 0 Å². The third kappa shape index (κ3) is 2.64. The molecule has 4 rings (SSSR count). The van der Waals surface area contributed by atoms with Crippen LogP contribution in [0.25, 0.3) is 0 Å². The van der Waals surface area contributed by atoms with E-state index in [1.165, 1.54) is 6.07 Å². The van der Waals surface area contributed by atoms with Crippen LogP contribution in [0, 0.1) is 13.8 Å². The third-order valence-corrected chi connectivity index (χ3v) is 5.92. The summed E-state index contributed by atoms with van der Waals surface area (Å²) in [6.07, 6.45) is -1.67. The number of hydrogen-bond donors (Lipinski definition) is 4. The number of aliphatic hydroxyl groups is 2. The lowest BCUT2D eigenvalue weighted by Crippen LogP contribution is -2.26. The van der Waals surface area contributed by atoms with E-state index in [1.54, 1.807) is 26.0 Å². The van der Waals surface area contributed by atoms with Gasteiger partial charge in [0.1, 0.15) is 11.5 Å². The number of Topliss-reactive ketones (excluding diaryl/α,β-unsaturated/α-hetero) is 2. The Balaban J connectivity index is 1.90. The monoisotopic (exact) mass is 382 g/mol. The summed E-state index contributed by atoms with van der Waals surface area (Å²) < 4.78 is 0. The molecule has 2 aliphatic carbocycles. The number of carbonyl (C=O) groups is 2. The second-order valence-corrected chi connectivity index (χ2v) is 7.82. The fourth-order valence-electron chi connectivity index (χ4n) is 4.62. The van der Waals surface area contributed by atoms with Crippen molar-refractivity contribution in [3.05, 3.63) is 57.1 Å². The standard InChI is InChI=1S/C22H22O6/c1-9-5-11-16(25)8-13(21(27)20(11)17(26)6-9)18-10(2)7-12-14(23)3-4-15(24)19(12)22(18)28/h5-7,13-14,21,23,26-28H,3-4,8H2,1-2H3/t13-,14?,21+/m1/s1. The summed E-state index contributed by atoms with van der Waals surface area (Å²) >= 11 is 0. The Morgan fingerprint density at radius 1 is 0.964 bits per heavy atom. The Bertz CT molecular complexity index is 1020. The van der Waals surface area contributed by atoms with E-state index < -0.39 is 18.1 Å². The normalized spacial score (nSPS) is 24.1. The van der Waals surface area contributed by atoms with Crippen molar-refractivity contribution >= 4 is 11.6 Å². The molecule has 146 valence electrons. The highest BCUT2D eigenvalue weighted by atomic mass is 16.3. The highest BCUT2D eigenvalue weighted by Gasteiger charge is 2.40. The van der Waals surface area contributed by atoms with Crippen LogP contribution < -0.4 is 0 Å². The third-order valence-electron chi connectivity index (χ3n) is 5.92. The molecular weight excluding hydrogens is 360 g/mol. The first-order valence-electron chi connectivity index (χ1n) is 9.33. The lowest BCUT2D eigenvalue weighted by atomic mass is 9.73. The summed E-state index contributed by atoms with van der Waals surface area (Å²) in [6, 6.07) is 4.77. The number of aromatic hydroxyl groups is 2. The number of phenolic OH excluding ortho intramolecular Hbond substituents is 2. The molecule has 0 aliphatic heterocycles. The van der Waals surface area contributed by atoms with Crippen molar-refractivity contribution in [2.24, 2.45) is 0 Å². The van der Waals surface area contributed by atoms with E-state index in [-0.39, 0.29) is 52.6 Å². The van der Waals surface area contributed by atoms with Crippen LogP contribution >= 0.6 is 0 Å². The molecule has 2 aliphatic rings. The highest BCUT2D eigenvalue weighted by molar-refractivity contribution is 6.03. The molecular formula is C22H22O6. The maximum absolute atomic E-state index is 12.7. The number of carbonyl (C=O) groups excluding carboxylic acids is 2. The van der Waals surface area contributed by atoms with Gasteiger partial charge >= 0.3 is 0 Å². The van der Waals surface area contributed by atoms with Gasteiger partial charge in [0.25, 0.3) is 0 Å². The quantitative estimate of drug-likeness (QED) is 0.602. The number of ketones is 2. The Kier molecular flexibility index (Phi) is 4.28. The average Bonchev–Trinajstić information content (AvgIpc) is 2.61. The molecule has 3 atom stereocenters. The molecule has 0 spiro atoms. The maximum Gasteiger partial charge on any atom is 0.167 e. The minimum absolute atomic E-state index is 0.0546. The van der Waals surface area contributed by atoms with Gasteiger partial charge in [0.15, 0.2) is 11.6 Å². The first-order valence-corrected chi connectivity index (χ1v) is 9.33. The molecule has 2 aromatic carbocycles. The molecule has 4 N–H and O–H groups in total. The van der Waals surface area contributed by atoms with Crippen LogP contribution in [0.3, 0.4) is 0 Å². The van der Waals surface area contributed by atoms with E-state index in [9.17, 15) is 30.0 Å². The van der Waals surface area contributed by atoms with Gasteiger partial charge < -0.3 is 20.4 Å². The van der Waals surface area contributed by atoms with E-state index in [1.807, 2.05) is 0 Å². The molecule has 6 heteroatoms. The van der Waals surface area contributed by atoms with Crippen LogP contribution in [-0.2, 0) is 0 Å². The first-order chi connectivity index (χ1) is 13.2. The van der Waals surface area contributed by atoms with Gasteiger partial charge in [0, 0.05) is 35.4 Å². The zero-order valence-corrected chi connectivity index (χ0v) is 15.7. The average molecular weight is 382 g/mol. The Morgan fingerprint density at radius 3 is 2.39 bits per heavy atom. The Morgan fingerprint density at radius 2 is 1.68 bits per heavy atom. The van der Waals surface area contributed by atoms with Crippen molar-refractivity contribution in [2.75, 3.05) is 0 Å². The van der Waals surface area contributed by atoms with E-state index >= 15 is 0 Å². The summed E-state index contributed by atoms with van der Waals surface area (Å²) in [5, 5.41) is 42.4. The Hall–Kier alpha value is -2.70. The second kappa shape index (κ2) is 6.43. The smallest absolute Gasteiger partial charge is 0.167 e. The number of aryl methyl sites for hydroxylation is 2. The van der Waals surface area contributed by atoms with Gasteiger partial charge in [-0.3, -0.25) is 9.59 Å². The van der Waals surface area contributed by atoms with E-state index in [0.717, 1.165) is 0 Å². The molecule has 2 aromatic rings. The molecule has 1 unspecified atom stereocenters. The zero-order chi connectivity index (χ0) is 20.3. The van der Waals surface area contributed by atoms with Crippen LogP contribution in [0.1, 0.15) is 85.9 Å². The van der Waals surface area contributed by atoms with Gasteiger partial charge in [0.05, 0.1) is 17.8 Å². The number of rotatable bonds is 1. The molecule has 0 heterocycles. The van der Waals surface area contributed by atoms with Gasteiger partial charge in [-0.2, -0.15) is 0 Å². The minimum Gasteiger partial charge on any atom is -0.508 e. The van der Waals surface area contributed by atoms with Gasteiger partial charge in [-0.1, -0.05) is 6.07 Å². The second-order valence-electron chi connectivity index (χ2n) is 7.82. The molecule has 0 bridgehead atoms. The number of fused-ring (bicyclic) bond motifs is 2. The maximum atomic E-state index is 12.7. The predicted octanol–water partition coefficient (Wildman–Crippen LogP) is 3.13. The molecule has 0 aromatic heterocycles. The first kappa shape index (κ1) is 18.7. The van der Waals surface area contributed by atoms with Gasteiger partial charge in [0.2, 0.25) is 0 Å². The molecule has 0 radical (unpaired) electrons. The fraction of sp³-hybridized carbons (Fsp3) is 0.364. The van der Waals surface area contributed by atoms with Crippen molar-refractivity contribution in [3.63, 3.8) is 0 Å². The zero-order valence-electron chi connectivity index (χ0n) is 15.7. The van der Waals surface area contributed by atoms with E-state index in [2.05, 4.69) is 0 Å². The number of hydrogen-bond acceptors (Lipinski definition) is 6. The topological polar surface area (TPSA) is 115 Å². The van der Waals surface area contributed by atoms with Gasteiger partial charge in [-0.05, 0) is 49.1 Å². The van der Waals surface area contributed by atoms with Crippen molar-refractivity contribution < 1.29 is 30.0 Å². The lowest BCUT2D eigenvalue weighted by Gasteiger charge is -2.33. The number of benzene rings is 2. The van der Waals surface area contributed by atoms with Crippen LogP contribution in [0.4, 0.5) is 0 Å². The minimum atomic E-state index is -1.21. The van der Waals surface area contributed by atoms with Crippen LogP contribution in [0.2, 0.25) is 0 Å². The largest absolute Gasteiger partial charge is 0.508 e. The summed E-state index contributed by atoms with van der Waals surface area (Å²) in [6.45, 7) is 3.46. The molecule has 0 fully saturated rings. The summed E-state index contributed by atoms with van der Waals surface area (Å²) in [4.78, 5) is 25.1. The summed E-state index contributed by atoms with van der Waals surface area (Å²) in [7, 11) is 0. The number of aliphatic hydroxyl groups excluding tert-OH is 2. The lowest BCUT2D eigenvalue weighted by molar-refractivity contribution is 0.0831. The van der Waals surface area contributed by atoms with E-state index in [0.29, 0.717) is 28.7 Å².